The third kappa shape index (κ3) is 3.71. The molecule has 0 aliphatic heterocycles. The van der Waals surface area contributed by atoms with Crippen LogP contribution in [0.1, 0.15) is 21.8 Å². The minimum absolute atomic E-state index is 0.630. The molecule has 0 aliphatic carbocycles. The van der Waals surface area contributed by atoms with E-state index < -0.39 is 0 Å². The Balaban J connectivity index is 1.66. The molecule has 2 heterocycles. The number of aryl methyl sites for hydroxylation is 1. The van der Waals surface area contributed by atoms with Crippen molar-refractivity contribution in [3.05, 3.63) is 87.5 Å². The van der Waals surface area contributed by atoms with E-state index in [4.69, 9.17) is 21.6 Å². The maximum Gasteiger partial charge on any atom is 0.138 e. The zero-order chi connectivity index (χ0) is 17.9. The Bertz CT molecular complexity index is 1040. The molecule has 2 aromatic carbocycles. The zero-order valence-corrected chi connectivity index (χ0v) is 15.9. The molecule has 130 valence electrons. The van der Waals surface area contributed by atoms with Gasteiger partial charge in [-0.05, 0) is 30.2 Å². The number of fused-ring (bicyclic) bond motifs is 1. The lowest BCUT2D eigenvalue weighted by Gasteiger charge is -2.10. The van der Waals surface area contributed by atoms with Crippen molar-refractivity contribution in [1.82, 2.24) is 9.97 Å². The number of nitrogens with zero attached hydrogens (tertiary/aromatic N) is 2. The molecule has 0 amide bonds. The number of anilines is 1. The van der Waals surface area contributed by atoms with Gasteiger partial charge in [0.2, 0.25) is 0 Å². The highest BCUT2D eigenvalue weighted by atomic mass is 35.5. The van der Waals surface area contributed by atoms with E-state index in [0.717, 1.165) is 32.4 Å². The minimum atomic E-state index is 0.630. The van der Waals surface area contributed by atoms with E-state index in [2.05, 4.69) is 30.4 Å². The van der Waals surface area contributed by atoms with Crippen molar-refractivity contribution in [2.24, 2.45) is 0 Å². The average molecular weight is 380 g/mol. The van der Waals surface area contributed by atoms with Crippen molar-refractivity contribution in [2.75, 3.05) is 5.32 Å². The van der Waals surface area contributed by atoms with Gasteiger partial charge in [0.25, 0.3) is 0 Å². The highest BCUT2D eigenvalue weighted by molar-refractivity contribution is 7.18. The maximum absolute atomic E-state index is 6.28. The second kappa shape index (κ2) is 7.44. The molecule has 0 atom stereocenters. The molecule has 1 N–H and O–H groups in total. The standard InChI is InChI=1S/C21H18ClN3S/c1-14-11-17-20(23-13-16-9-5-6-10-18(16)22)24-19(25-21(17)26-14)12-15-7-3-2-4-8-15/h2-11H,12-13H2,1H3,(H,23,24,25). The van der Waals surface area contributed by atoms with Gasteiger partial charge in [0.1, 0.15) is 16.5 Å². The molecule has 3 nitrogen and oxygen atoms in total. The van der Waals surface area contributed by atoms with Crippen molar-refractivity contribution >= 4 is 39.0 Å². The molecule has 0 saturated carbocycles. The Hall–Kier alpha value is -2.43. The summed E-state index contributed by atoms with van der Waals surface area (Å²) in [5, 5.41) is 5.28. The number of benzene rings is 2. The van der Waals surface area contributed by atoms with Crippen LogP contribution in [0.4, 0.5) is 5.82 Å². The van der Waals surface area contributed by atoms with E-state index in [9.17, 15) is 0 Å². The van der Waals surface area contributed by atoms with Crippen LogP contribution in [0, 0.1) is 6.92 Å². The fourth-order valence-corrected chi connectivity index (χ4v) is 4.00. The molecule has 0 radical (unpaired) electrons. The van der Waals surface area contributed by atoms with Gasteiger partial charge in [-0.3, -0.25) is 0 Å². The van der Waals surface area contributed by atoms with Crippen molar-refractivity contribution < 1.29 is 0 Å². The van der Waals surface area contributed by atoms with Crippen LogP contribution in [0.3, 0.4) is 0 Å². The number of aromatic nitrogens is 2. The van der Waals surface area contributed by atoms with Gasteiger partial charge in [-0.15, -0.1) is 11.3 Å². The average Bonchev–Trinajstić information content (AvgIpc) is 3.02. The SMILES string of the molecule is Cc1cc2c(NCc3ccccc3Cl)nc(Cc3ccccc3)nc2s1. The van der Waals surface area contributed by atoms with Crippen LogP contribution in [0.2, 0.25) is 5.02 Å². The molecular formula is C21H18ClN3S. The smallest absolute Gasteiger partial charge is 0.138 e. The molecule has 26 heavy (non-hydrogen) atoms. The van der Waals surface area contributed by atoms with E-state index in [-0.39, 0.29) is 0 Å². The topological polar surface area (TPSA) is 37.8 Å². The Morgan fingerprint density at radius 1 is 1.00 bits per heavy atom. The van der Waals surface area contributed by atoms with Crippen molar-refractivity contribution in [2.45, 2.75) is 19.9 Å². The third-order valence-electron chi connectivity index (χ3n) is 4.17. The number of nitrogens with one attached hydrogen (secondary N) is 1. The number of hydrogen-bond acceptors (Lipinski definition) is 4. The third-order valence-corrected chi connectivity index (χ3v) is 5.48. The number of thiophene rings is 1. The molecule has 0 fully saturated rings. The zero-order valence-electron chi connectivity index (χ0n) is 14.4. The molecule has 0 bridgehead atoms. The van der Waals surface area contributed by atoms with Crippen molar-refractivity contribution in [1.29, 1.82) is 0 Å². The van der Waals surface area contributed by atoms with Gasteiger partial charge in [-0.2, -0.15) is 0 Å². The fourth-order valence-electron chi connectivity index (χ4n) is 2.90. The molecule has 4 rings (SSSR count). The second-order valence-electron chi connectivity index (χ2n) is 6.17. The highest BCUT2D eigenvalue weighted by Gasteiger charge is 2.11. The van der Waals surface area contributed by atoms with Gasteiger partial charge < -0.3 is 5.32 Å². The Labute approximate surface area is 161 Å². The Morgan fingerprint density at radius 2 is 1.77 bits per heavy atom. The maximum atomic E-state index is 6.28. The summed E-state index contributed by atoms with van der Waals surface area (Å²) >= 11 is 7.98. The van der Waals surface area contributed by atoms with Gasteiger partial charge in [-0.1, -0.05) is 60.1 Å². The minimum Gasteiger partial charge on any atom is -0.365 e. The first-order valence-corrected chi connectivity index (χ1v) is 9.67. The summed E-state index contributed by atoms with van der Waals surface area (Å²) in [7, 11) is 0. The summed E-state index contributed by atoms with van der Waals surface area (Å²) in [6, 6.07) is 20.3. The van der Waals surface area contributed by atoms with Gasteiger partial charge >= 0.3 is 0 Å². The van der Waals surface area contributed by atoms with Gasteiger partial charge in [0.15, 0.2) is 0 Å². The lowest BCUT2D eigenvalue weighted by Crippen LogP contribution is -2.05. The molecule has 5 heteroatoms. The number of hydrogen-bond donors (Lipinski definition) is 1. The van der Waals surface area contributed by atoms with Gasteiger partial charge in [0.05, 0.1) is 5.39 Å². The van der Waals surface area contributed by atoms with Crippen LogP contribution in [-0.4, -0.2) is 9.97 Å². The largest absolute Gasteiger partial charge is 0.365 e. The van der Waals surface area contributed by atoms with Crippen LogP contribution < -0.4 is 5.32 Å². The monoisotopic (exact) mass is 379 g/mol. The van der Waals surface area contributed by atoms with Crippen molar-refractivity contribution in [3.8, 4) is 0 Å². The van der Waals surface area contributed by atoms with E-state index in [1.807, 2.05) is 42.5 Å². The first kappa shape index (κ1) is 17.0. The van der Waals surface area contributed by atoms with Crippen LogP contribution in [0.25, 0.3) is 10.2 Å². The summed E-state index contributed by atoms with van der Waals surface area (Å²) in [6.45, 7) is 2.73. The second-order valence-corrected chi connectivity index (χ2v) is 7.81. The van der Waals surface area contributed by atoms with E-state index >= 15 is 0 Å². The molecule has 0 saturated heterocycles. The van der Waals surface area contributed by atoms with Crippen LogP contribution in [0.15, 0.2) is 60.7 Å². The molecule has 4 aromatic rings. The summed E-state index contributed by atoms with van der Waals surface area (Å²) in [4.78, 5) is 11.8. The summed E-state index contributed by atoms with van der Waals surface area (Å²) < 4.78 is 0. The van der Waals surface area contributed by atoms with Crippen LogP contribution in [-0.2, 0) is 13.0 Å². The molecular weight excluding hydrogens is 362 g/mol. The summed E-state index contributed by atoms with van der Waals surface area (Å²) in [5.41, 5.74) is 2.26. The normalized spacial score (nSPS) is 11.0. The first-order chi connectivity index (χ1) is 12.7. The first-order valence-electron chi connectivity index (χ1n) is 8.47. The van der Waals surface area contributed by atoms with Gasteiger partial charge in [0, 0.05) is 22.9 Å². The Kier molecular flexibility index (Phi) is 4.87. The molecule has 0 spiro atoms. The van der Waals surface area contributed by atoms with E-state index in [1.165, 1.54) is 10.4 Å². The molecule has 0 unspecified atom stereocenters. The highest BCUT2D eigenvalue weighted by Crippen LogP contribution is 2.29. The van der Waals surface area contributed by atoms with Crippen molar-refractivity contribution in [3.63, 3.8) is 0 Å². The summed E-state index contributed by atoms with van der Waals surface area (Å²) in [6.07, 6.45) is 0.717. The fraction of sp³-hybridized carbons (Fsp3) is 0.143. The Morgan fingerprint density at radius 3 is 2.58 bits per heavy atom. The predicted molar refractivity (Wildman–Crippen MR) is 110 cm³/mol. The number of rotatable bonds is 5. The van der Waals surface area contributed by atoms with Crippen LogP contribution >= 0.6 is 22.9 Å². The lowest BCUT2D eigenvalue weighted by atomic mass is 10.1. The predicted octanol–water partition coefficient (Wildman–Crippen LogP) is 5.86. The van der Waals surface area contributed by atoms with E-state index in [1.54, 1.807) is 11.3 Å². The van der Waals surface area contributed by atoms with Gasteiger partial charge in [-0.25, -0.2) is 9.97 Å². The van der Waals surface area contributed by atoms with Crippen LogP contribution in [0.5, 0.6) is 0 Å². The van der Waals surface area contributed by atoms with E-state index in [0.29, 0.717) is 13.0 Å². The summed E-state index contributed by atoms with van der Waals surface area (Å²) in [5.74, 6) is 1.69. The number of halogens is 1. The molecule has 2 aromatic heterocycles. The molecule has 0 aliphatic rings. The lowest BCUT2D eigenvalue weighted by molar-refractivity contribution is 0.985. The quantitative estimate of drug-likeness (QED) is 0.472.